The lowest BCUT2D eigenvalue weighted by Crippen LogP contribution is -2.53. The van der Waals surface area contributed by atoms with Crippen molar-refractivity contribution in [3.05, 3.63) is 0 Å². The topological polar surface area (TPSA) is 32.3 Å². The van der Waals surface area contributed by atoms with Crippen LogP contribution in [-0.4, -0.2) is 35.5 Å². The fourth-order valence-corrected chi connectivity index (χ4v) is 2.67. The van der Waals surface area contributed by atoms with Gasteiger partial charge in [0.15, 0.2) is 0 Å². The van der Waals surface area contributed by atoms with Gasteiger partial charge in [-0.25, -0.2) is 0 Å². The van der Waals surface area contributed by atoms with E-state index in [0.717, 1.165) is 6.54 Å². The second-order valence-corrected chi connectivity index (χ2v) is 5.39. The first-order valence-corrected chi connectivity index (χ1v) is 6.75. The van der Waals surface area contributed by atoms with Crippen LogP contribution < -0.4 is 5.32 Å². The number of piperidine rings is 1. The summed E-state index contributed by atoms with van der Waals surface area (Å²) in [5.74, 6) is 0.305. The van der Waals surface area contributed by atoms with Gasteiger partial charge in [-0.2, -0.15) is 0 Å². The van der Waals surface area contributed by atoms with Crippen LogP contribution in [-0.2, 0) is 4.79 Å². The smallest absolute Gasteiger partial charge is 0.239 e. The third-order valence-electron chi connectivity index (χ3n) is 4.05. The zero-order valence-electron chi connectivity index (χ0n) is 10.5. The van der Waals surface area contributed by atoms with Crippen LogP contribution >= 0.6 is 0 Å². The summed E-state index contributed by atoms with van der Waals surface area (Å²) in [6.07, 6.45) is 7.42. The molecule has 16 heavy (non-hydrogen) atoms. The Kier molecular flexibility index (Phi) is 3.85. The van der Waals surface area contributed by atoms with E-state index in [9.17, 15) is 4.79 Å². The summed E-state index contributed by atoms with van der Waals surface area (Å²) < 4.78 is 0. The second kappa shape index (κ2) is 5.17. The summed E-state index contributed by atoms with van der Waals surface area (Å²) in [7, 11) is 0. The maximum atomic E-state index is 12.2. The highest BCUT2D eigenvalue weighted by molar-refractivity contribution is 5.81. The molecule has 1 saturated heterocycles. The molecule has 2 atom stereocenters. The summed E-state index contributed by atoms with van der Waals surface area (Å²) in [4.78, 5) is 14.3. The fourth-order valence-electron chi connectivity index (χ4n) is 2.67. The highest BCUT2D eigenvalue weighted by Crippen LogP contribution is 2.20. The first-order chi connectivity index (χ1) is 7.68. The van der Waals surface area contributed by atoms with Crippen molar-refractivity contribution in [2.45, 2.75) is 70.5 Å². The van der Waals surface area contributed by atoms with Crippen LogP contribution in [0.5, 0.6) is 0 Å². The van der Waals surface area contributed by atoms with Gasteiger partial charge in [-0.15, -0.1) is 0 Å². The molecule has 2 rings (SSSR count). The molecule has 0 spiro atoms. The van der Waals surface area contributed by atoms with E-state index in [0.29, 0.717) is 18.0 Å². The summed E-state index contributed by atoms with van der Waals surface area (Å²) in [5.41, 5.74) is 0. The molecule has 2 aliphatic rings. The molecule has 0 aromatic carbocycles. The third-order valence-corrected chi connectivity index (χ3v) is 4.05. The molecular weight excluding hydrogens is 200 g/mol. The van der Waals surface area contributed by atoms with E-state index >= 15 is 0 Å². The normalized spacial score (nSPS) is 28.6. The first kappa shape index (κ1) is 11.9. The molecule has 1 aliphatic carbocycles. The Hall–Kier alpha value is -0.570. The van der Waals surface area contributed by atoms with Crippen LogP contribution in [0.3, 0.4) is 0 Å². The largest absolute Gasteiger partial charge is 0.339 e. The maximum absolute atomic E-state index is 12.2. The van der Waals surface area contributed by atoms with Gasteiger partial charge in [-0.3, -0.25) is 4.79 Å². The van der Waals surface area contributed by atoms with E-state index in [1.165, 1.54) is 38.5 Å². The molecular formula is C13H24N2O. The summed E-state index contributed by atoms with van der Waals surface area (Å²) in [6, 6.07) is 1.04. The van der Waals surface area contributed by atoms with Crippen LogP contribution in [0.25, 0.3) is 0 Å². The summed E-state index contributed by atoms with van der Waals surface area (Å²) in [6.45, 7) is 5.14. The minimum Gasteiger partial charge on any atom is -0.339 e. The van der Waals surface area contributed by atoms with Gasteiger partial charge in [-0.1, -0.05) is 6.42 Å². The predicted octanol–water partition coefficient (Wildman–Crippen LogP) is 1.92. The molecule has 2 fully saturated rings. The summed E-state index contributed by atoms with van der Waals surface area (Å²) in [5, 5.41) is 3.44. The number of nitrogens with one attached hydrogen (secondary N) is 1. The lowest BCUT2D eigenvalue weighted by atomic mass is 9.92. The zero-order chi connectivity index (χ0) is 11.5. The molecule has 1 saturated carbocycles. The highest BCUT2D eigenvalue weighted by atomic mass is 16.2. The second-order valence-electron chi connectivity index (χ2n) is 5.39. The van der Waals surface area contributed by atoms with E-state index < -0.39 is 0 Å². The van der Waals surface area contributed by atoms with Crippen molar-refractivity contribution < 1.29 is 4.79 Å². The van der Waals surface area contributed by atoms with Gasteiger partial charge in [-0.05, 0) is 46.0 Å². The van der Waals surface area contributed by atoms with Crippen LogP contribution in [0.15, 0.2) is 0 Å². The molecule has 1 heterocycles. The van der Waals surface area contributed by atoms with Gasteiger partial charge < -0.3 is 10.2 Å². The Bertz CT molecular complexity index is 250. The van der Waals surface area contributed by atoms with E-state index in [1.54, 1.807) is 0 Å². The number of hydrogen-bond donors (Lipinski definition) is 1. The lowest BCUT2D eigenvalue weighted by molar-refractivity contribution is -0.136. The van der Waals surface area contributed by atoms with Crippen molar-refractivity contribution >= 4 is 5.91 Å². The molecule has 3 nitrogen and oxygen atoms in total. The number of carbonyl (C=O) groups excluding carboxylic acids is 1. The first-order valence-electron chi connectivity index (χ1n) is 6.75. The van der Waals surface area contributed by atoms with Crippen LogP contribution in [0, 0.1) is 0 Å². The third kappa shape index (κ3) is 2.57. The van der Waals surface area contributed by atoms with Crippen LogP contribution in [0.2, 0.25) is 0 Å². The molecule has 0 radical (unpaired) electrons. The number of amides is 1. The van der Waals surface area contributed by atoms with Crippen molar-refractivity contribution in [1.29, 1.82) is 0 Å². The maximum Gasteiger partial charge on any atom is 0.239 e. The Balaban J connectivity index is 1.84. The molecule has 1 aliphatic heterocycles. The van der Waals surface area contributed by atoms with E-state index in [2.05, 4.69) is 17.1 Å². The van der Waals surface area contributed by atoms with Crippen LogP contribution in [0.1, 0.15) is 52.4 Å². The number of hydrogen-bond acceptors (Lipinski definition) is 2. The molecule has 0 aromatic heterocycles. The molecule has 0 aromatic rings. The average molecular weight is 224 g/mol. The van der Waals surface area contributed by atoms with Gasteiger partial charge in [0.1, 0.15) is 0 Å². The average Bonchev–Trinajstić information content (AvgIpc) is 2.23. The van der Waals surface area contributed by atoms with Gasteiger partial charge >= 0.3 is 0 Å². The Morgan fingerprint density at radius 1 is 1.25 bits per heavy atom. The van der Waals surface area contributed by atoms with Crippen molar-refractivity contribution in [2.75, 3.05) is 6.54 Å². The van der Waals surface area contributed by atoms with Gasteiger partial charge in [0.2, 0.25) is 5.91 Å². The number of rotatable bonds is 3. The monoisotopic (exact) mass is 224 g/mol. The standard InChI is InChI=1S/C13H24N2O/c1-10-6-3-4-9-15(10)13(16)11(2)14-12-7-5-8-12/h10-12,14H,3-9H2,1-2H3. The minimum atomic E-state index is 0.00542. The van der Waals surface area contributed by atoms with Crippen LogP contribution in [0.4, 0.5) is 0 Å². The molecule has 92 valence electrons. The van der Waals surface area contributed by atoms with Crippen molar-refractivity contribution in [3.63, 3.8) is 0 Å². The quantitative estimate of drug-likeness (QED) is 0.794. The SMILES string of the molecule is CC(NC1CCC1)C(=O)N1CCCCC1C. The highest BCUT2D eigenvalue weighted by Gasteiger charge is 2.29. The predicted molar refractivity (Wildman–Crippen MR) is 65.3 cm³/mol. The Morgan fingerprint density at radius 2 is 2.00 bits per heavy atom. The lowest BCUT2D eigenvalue weighted by Gasteiger charge is -2.37. The summed E-state index contributed by atoms with van der Waals surface area (Å²) >= 11 is 0. The van der Waals surface area contributed by atoms with Crippen molar-refractivity contribution in [1.82, 2.24) is 10.2 Å². The van der Waals surface area contributed by atoms with E-state index in [-0.39, 0.29) is 6.04 Å². The Morgan fingerprint density at radius 3 is 2.56 bits per heavy atom. The fraction of sp³-hybridized carbons (Fsp3) is 0.923. The van der Waals surface area contributed by atoms with Gasteiger partial charge in [0, 0.05) is 18.6 Å². The molecule has 2 unspecified atom stereocenters. The van der Waals surface area contributed by atoms with Crippen molar-refractivity contribution in [3.8, 4) is 0 Å². The number of carbonyl (C=O) groups is 1. The molecule has 1 amide bonds. The number of nitrogens with zero attached hydrogens (tertiary/aromatic N) is 1. The molecule has 0 bridgehead atoms. The zero-order valence-corrected chi connectivity index (χ0v) is 10.5. The Labute approximate surface area is 98.6 Å². The minimum absolute atomic E-state index is 0.00542. The van der Waals surface area contributed by atoms with Gasteiger partial charge in [0.05, 0.1) is 6.04 Å². The molecule has 3 heteroatoms. The van der Waals surface area contributed by atoms with E-state index in [4.69, 9.17) is 0 Å². The van der Waals surface area contributed by atoms with Gasteiger partial charge in [0.25, 0.3) is 0 Å². The molecule has 1 N–H and O–H groups in total. The number of likely N-dealkylation sites (tertiary alicyclic amines) is 1. The van der Waals surface area contributed by atoms with E-state index in [1.807, 2.05) is 6.92 Å². The van der Waals surface area contributed by atoms with Crippen molar-refractivity contribution in [2.24, 2.45) is 0 Å².